The van der Waals surface area contributed by atoms with Crippen molar-refractivity contribution in [2.75, 3.05) is 13.1 Å². The van der Waals surface area contributed by atoms with Gasteiger partial charge in [-0.05, 0) is 107 Å². The van der Waals surface area contributed by atoms with E-state index in [2.05, 4.69) is 126 Å². The van der Waals surface area contributed by atoms with E-state index in [1.807, 2.05) is 176 Å². The first-order valence-electron chi connectivity index (χ1n) is 29.4. The second kappa shape index (κ2) is 29.1. The van der Waals surface area contributed by atoms with Gasteiger partial charge in [-0.2, -0.15) is 0 Å². The van der Waals surface area contributed by atoms with E-state index in [4.69, 9.17) is 28.4 Å². The van der Waals surface area contributed by atoms with Gasteiger partial charge in [-0.1, -0.05) is 243 Å². The Balaban J connectivity index is 0.894. The number of benzene rings is 11. The van der Waals surface area contributed by atoms with Crippen LogP contribution in [-0.2, 0) is 39.6 Å². The van der Waals surface area contributed by atoms with Gasteiger partial charge in [-0.25, -0.2) is 0 Å². The fraction of sp³-hybridized carbons (Fsp3) is 0.130. The highest BCUT2D eigenvalue weighted by atomic mass is 31.1. The number of nitrogens with zero attached hydrogens (tertiary/aromatic N) is 1. The Bertz CT molecular complexity index is 3480. The van der Waals surface area contributed by atoms with E-state index < -0.39 is 15.8 Å². The summed E-state index contributed by atoms with van der Waals surface area (Å²) in [6.45, 7) is 2.94. The summed E-state index contributed by atoms with van der Waals surface area (Å²) in [4.78, 5) is 18.0. The van der Waals surface area contributed by atoms with Gasteiger partial charge in [0.05, 0.1) is 0 Å². The molecule has 0 radical (unpaired) electrons. The van der Waals surface area contributed by atoms with Crippen molar-refractivity contribution in [2.24, 2.45) is 0 Å². The number of ether oxygens (including phenoxy) is 6. The molecule has 10 heteroatoms. The minimum atomic E-state index is -0.945. The zero-order valence-electron chi connectivity index (χ0n) is 48.3. The highest BCUT2D eigenvalue weighted by molar-refractivity contribution is 7.77. The van der Waals surface area contributed by atoms with Crippen LogP contribution < -0.4 is 49.6 Å². The lowest BCUT2D eigenvalue weighted by Gasteiger charge is -2.34. The predicted molar refractivity (Wildman–Crippen MR) is 353 cm³/mol. The highest BCUT2D eigenvalue weighted by Crippen LogP contribution is 2.55. The van der Waals surface area contributed by atoms with E-state index in [0.29, 0.717) is 79.6 Å². The van der Waals surface area contributed by atoms with Crippen molar-refractivity contribution in [1.82, 2.24) is 4.90 Å². The van der Waals surface area contributed by atoms with Gasteiger partial charge in [0.2, 0.25) is 0 Å². The summed E-state index contributed by atoms with van der Waals surface area (Å²) in [6, 6.07) is 101. The Hall–Kier alpha value is -9.45. The third kappa shape index (κ3) is 15.7. The Kier molecular flexibility index (Phi) is 19.4. The van der Waals surface area contributed by atoms with Gasteiger partial charge >= 0.3 is 0 Å². The lowest BCUT2D eigenvalue weighted by Crippen LogP contribution is -2.34. The van der Waals surface area contributed by atoms with Crippen molar-refractivity contribution in [3.05, 3.63) is 336 Å². The fourth-order valence-corrected chi connectivity index (χ4v) is 17.5. The quantitative estimate of drug-likeness (QED) is 0.0528. The molecular formula is C77H67NO7P2. The molecule has 1 heterocycles. The first-order valence-corrected chi connectivity index (χ1v) is 32.3. The van der Waals surface area contributed by atoms with Crippen molar-refractivity contribution in [3.63, 3.8) is 0 Å². The third-order valence-corrected chi connectivity index (χ3v) is 21.2. The van der Waals surface area contributed by atoms with Crippen LogP contribution in [0.1, 0.15) is 43.7 Å². The van der Waals surface area contributed by atoms with Crippen molar-refractivity contribution >= 4 is 43.0 Å². The summed E-state index contributed by atoms with van der Waals surface area (Å²) in [6.07, 6.45) is 0. The van der Waals surface area contributed by atoms with Gasteiger partial charge in [-0.3, -0.25) is 4.79 Å². The molecule has 1 aliphatic rings. The molecule has 0 bridgehead atoms. The van der Waals surface area contributed by atoms with Crippen LogP contribution in [0.2, 0.25) is 0 Å². The molecular weight excluding hydrogens is 1110 g/mol. The van der Waals surface area contributed by atoms with Crippen LogP contribution in [0, 0.1) is 0 Å². The van der Waals surface area contributed by atoms with Crippen LogP contribution in [0.4, 0.5) is 0 Å². The van der Waals surface area contributed by atoms with Gasteiger partial charge in [0.1, 0.15) is 74.1 Å². The second-order valence-corrected chi connectivity index (χ2v) is 26.3. The second-order valence-electron chi connectivity index (χ2n) is 21.4. The van der Waals surface area contributed by atoms with E-state index in [0.717, 1.165) is 33.4 Å². The Labute approximate surface area is 513 Å². The summed E-state index contributed by atoms with van der Waals surface area (Å²) < 4.78 is 39.3. The molecule has 12 rings (SSSR count). The molecule has 1 fully saturated rings. The van der Waals surface area contributed by atoms with Gasteiger partial charge in [0.25, 0.3) is 5.91 Å². The van der Waals surface area contributed by atoms with Crippen LogP contribution in [0.15, 0.2) is 297 Å². The molecule has 11 aromatic rings. The maximum absolute atomic E-state index is 15.9. The van der Waals surface area contributed by atoms with Gasteiger partial charge in [0, 0.05) is 48.2 Å². The summed E-state index contributed by atoms with van der Waals surface area (Å²) in [5.41, 5.74) is 6.53. The Morgan fingerprint density at radius 1 is 0.287 bits per heavy atom. The lowest BCUT2D eigenvalue weighted by molar-refractivity contribution is 0.0792. The SMILES string of the molecule is O=C(c1cc(OCc2cc(OCc3ccccc3)cc(OCc3ccccc3)c2)cc(OCc2cc(OCc3ccccc3)cc(OCc3ccccc3)c2)c1)N1C[C@@H](P(c2ccccc2)c2ccccc2)[C@H](P(c2ccccc2)c2ccccc2)C1. The molecule has 0 spiro atoms. The first-order chi connectivity index (χ1) is 43.0. The summed E-state index contributed by atoms with van der Waals surface area (Å²) in [5.74, 6) is 3.45. The van der Waals surface area contributed by atoms with Crippen LogP contribution in [0.3, 0.4) is 0 Å². The lowest BCUT2D eigenvalue weighted by atomic mass is 10.1. The smallest absolute Gasteiger partial charge is 0.254 e. The topological polar surface area (TPSA) is 75.7 Å². The minimum absolute atomic E-state index is 0.0919. The summed E-state index contributed by atoms with van der Waals surface area (Å²) >= 11 is 0. The zero-order chi connectivity index (χ0) is 58.8. The molecule has 0 aromatic heterocycles. The van der Waals surface area contributed by atoms with E-state index in [9.17, 15) is 0 Å². The van der Waals surface area contributed by atoms with Crippen molar-refractivity contribution in [3.8, 4) is 34.5 Å². The average molecular weight is 1180 g/mol. The predicted octanol–water partition coefficient (Wildman–Crippen LogP) is 15.6. The molecule has 1 amide bonds. The minimum Gasteiger partial charge on any atom is -0.489 e. The molecule has 11 aromatic carbocycles. The van der Waals surface area contributed by atoms with Gasteiger partial charge in [-0.15, -0.1) is 0 Å². The number of hydrogen-bond donors (Lipinski definition) is 0. The first kappa shape index (κ1) is 58.0. The largest absolute Gasteiger partial charge is 0.489 e. The molecule has 87 heavy (non-hydrogen) atoms. The monoisotopic (exact) mass is 1180 g/mol. The molecule has 0 saturated carbocycles. The molecule has 2 atom stereocenters. The molecule has 1 saturated heterocycles. The van der Waals surface area contributed by atoms with E-state index in [-0.39, 0.29) is 30.4 Å². The van der Waals surface area contributed by atoms with Crippen molar-refractivity contribution < 1.29 is 33.2 Å². The van der Waals surface area contributed by atoms with E-state index in [1.54, 1.807) is 0 Å². The zero-order valence-corrected chi connectivity index (χ0v) is 50.1. The normalized spacial score (nSPS) is 13.7. The number of likely N-dealkylation sites (tertiary alicyclic amines) is 1. The Morgan fingerprint density at radius 2 is 0.506 bits per heavy atom. The Morgan fingerprint density at radius 3 is 0.759 bits per heavy atom. The van der Waals surface area contributed by atoms with Crippen LogP contribution in [0.5, 0.6) is 34.5 Å². The molecule has 0 N–H and O–H groups in total. The number of amides is 1. The fourth-order valence-electron chi connectivity index (χ4n) is 11.0. The molecule has 8 nitrogen and oxygen atoms in total. The highest BCUT2D eigenvalue weighted by Gasteiger charge is 2.45. The van der Waals surface area contributed by atoms with E-state index >= 15 is 4.79 Å². The van der Waals surface area contributed by atoms with Crippen molar-refractivity contribution in [2.45, 2.75) is 51.0 Å². The third-order valence-electron chi connectivity index (χ3n) is 15.2. The standard InChI is InChI=1S/C77H67NO7P2/c79-77(78-50-75(86(71-33-17-5-18-34-71)72-35-19-6-20-36-72)76(51-78)87(73-37-21-7-22-38-73)74-39-23-8-24-40-74)64-45-69(84-56-62-41-65(80-52-58-25-9-1-10-26-58)47-66(42-62)81-53-59-27-11-2-12-28-59)49-70(46-64)85-57-63-43-67(82-54-60-29-13-3-14-30-60)48-68(44-63)83-55-61-31-15-4-16-32-61/h1-49,75-76H,50-57H2/t75-,76-/m1/s1. The van der Waals surface area contributed by atoms with Gasteiger partial charge in [0.15, 0.2) is 0 Å². The summed E-state index contributed by atoms with van der Waals surface area (Å²) in [7, 11) is -1.89. The van der Waals surface area contributed by atoms with Gasteiger partial charge < -0.3 is 33.3 Å². The average Bonchev–Trinajstić information content (AvgIpc) is 1.94. The number of hydrogen-bond acceptors (Lipinski definition) is 7. The molecule has 0 unspecified atom stereocenters. The number of rotatable bonds is 25. The molecule has 1 aliphatic heterocycles. The van der Waals surface area contributed by atoms with Crippen LogP contribution in [0.25, 0.3) is 0 Å². The van der Waals surface area contributed by atoms with Crippen LogP contribution >= 0.6 is 15.8 Å². The maximum Gasteiger partial charge on any atom is 0.254 e. The van der Waals surface area contributed by atoms with E-state index in [1.165, 1.54) is 21.2 Å². The molecule has 432 valence electrons. The number of carbonyl (C=O) groups excluding carboxylic acids is 1. The maximum atomic E-state index is 15.9. The van der Waals surface area contributed by atoms with Crippen molar-refractivity contribution in [1.29, 1.82) is 0 Å². The number of carbonyl (C=O) groups is 1. The van der Waals surface area contributed by atoms with Crippen LogP contribution in [-0.4, -0.2) is 35.2 Å². The summed E-state index contributed by atoms with van der Waals surface area (Å²) in [5, 5.41) is 5.15. The molecule has 0 aliphatic carbocycles.